The van der Waals surface area contributed by atoms with E-state index in [-0.39, 0.29) is 18.2 Å². The molecule has 0 bridgehead atoms. The Morgan fingerprint density at radius 1 is 0.886 bits per heavy atom. The number of ether oxygens (including phenoxy) is 2. The molecule has 1 aliphatic rings. The van der Waals surface area contributed by atoms with E-state index in [1.54, 1.807) is 24.3 Å². The van der Waals surface area contributed by atoms with E-state index < -0.39 is 11.7 Å². The molecule has 0 spiro atoms. The number of furan rings is 1. The quantitative estimate of drug-likeness (QED) is 0.315. The third kappa shape index (κ3) is 5.65. The zero-order chi connectivity index (χ0) is 24.2. The van der Waals surface area contributed by atoms with Crippen LogP contribution in [0.1, 0.15) is 27.4 Å². The molecule has 5 rings (SSSR count). The lowest BCUT2D eigenvalue weighted by Crippen LogP contribution is -2.22. The summed E-state index contributed by atoms with van der Waals surface area (Å²) in [4.78, 5) is 14.7. The second kappa shape index (κ2) is 10.2. The molecule has 0 atom stereocenters. The fraction of sp³-hybridized carbons (Fsp3) is 0.148. The van der Waals surface area contributed by atoms with Crippen molar-refractivity contribution in [1.29, 1.82) is 0 Å². The molecule has 0 saturated carbocycles. The molecular formula is C27H22ClFN2O4. The van der Waals surface area contributed by atoms with E-state index >= 15 is 0 Å². The Labute approximate surface area is 206 Å². The minimum atomic E-state index is -0.513. The van der Waals surface area contributed by atoms with Crippen molar-refractivity contribution in [3.8, 4) is 11.5 Å². The van der Waals surface area contributed by atoms with Crippen molar-refractivity contribution in [2.75, 3.05) is 12.1 Å². The molecule has 3 aromatic carbocycles. The minimum Gasteiger partial charge on any atom is -0.455 e. The number of fused-ring (bicyclic) bond motifs is 1. The zero-order valence-corrected chi connectivity index (χ0v) is 19.4. The predicted molar refractivity (Wildman–Crippen MR) is 130 cm³/mol. The fourth-order valence-electron chi connectivity index (χ4n) is 3.87. The maximum absolute atomic E-state index is 13.9. The molecule has 178 valence electrons. The highest BCUT2D eigenvalue weighted by molar-refractivity contribution is 6.30. The molecule has 0 aliphatic carbocycles. The van der Waals surface area contributed by atoms with Gasteiger partial charge < -0.3 is 19.2 Å². The van der Waals surface area contributed by atoms with Gasteiger partial charge in [0.2, 0.25) is 6.79 Å². The van der Waals surface area contributed by atoms with Gasteiger partial charge in [-0.3, -0.25) is 9.69 Å². The number of para-hydroxylation sites is 1. The zero-order valence-electron chi connectivity index (χ0n) is 18.7. The van der Waals surface area contributed by atoms with E-state index in [2.05, 4.69) is 10.2 Å². The molecule has 0 fully saturated rings. The number of rotatable bonds is 8. The van der Waals surface area contributed by atoms with Gasteiger partial charge in [0.05, 0.1) is 12.2 Å². The first-order valence-corrected chi connectivity index (χ1v) is 11.4. The maximum Gasteiger partial charge on any atom is 0.291 e. The van der Waals surface area contributed by atoms with Crippen LogP contribution in [0.15, 0.2) is 83.3 Å². The molecule has 2 heterocycles. The number of amides is 1. The van der Waals surface area contributed by atoms with Crippen molar-refractivity contribution in [1.82, 2.24) is 4.90 Å². The summed E-state index contributed by atoms with van der Waals surface area (Å²) in [5, 5.41) is 3.22. The average Bonchev–Trinajstić information content (AvgIpc) is 3.51. The summed E-state index contributed by atoms with van der Waals surface area (Å²) in [5.74, 6) is 1.15. The molecule has 1 aromatic heterocycles. The van der Waals surface area contributed by atoms with Gasteiger partial charge in [-0.05, 0) is 59.7 Å². The number of nitrogens with zero attached hydrogens (tertiary/aromatic N) is 1. The van der Waals surface area contributed by atoms with Gasteiger partial charge in [0, 0.05) is 18.1 Å². The molecule has 8 heteroatoms. The Morgan fingerprint density at radius 2 is 1.63 bits per heavy atom. The molecule has 1 amide bonds. The summed E-state index contributed by atoms with van der Waals surface area (Å²) < 4.78 is 30.6. The van der Waals surface area contributed by atoms with Crippen LogP contribution in [-0.4, -0.2) is 17.6 Å². The average molecular weight is 493 g/mol. The summed E-state index contributed by atoms with van der Waals surface area (Å²) in [6.45, 7) is 1.90. The smallest absolute Gasteiger partial charge is 0.291 e. The topological polar surface area (TPSA) is 63.9 Å². The summed E-state index contributed by atoms with van der Waals surface area (Å²) in [7, 11) is 0. The van der Waals surface area contributed by atoms with Crippen LogP contribution < -0.4 is 14.8 Å². The first kappa shape index (κ1) is 23.0. The lowest BCUT2D eigenvalue weighted by Gasteiger charge is -2.22. The van der Waals surface area contributed by atoms with E-state index in [1.165, 1.54) is 12.1 Å². The molecule has 6 nitrogen and oxygen atoms in total. The van der Waals surface area contributed by atoms with Crippen molar-refractivity contribution < 1.29 is 23.1 Å². The van der Waals surface area contributed by atoms with Gasteiger partial charge in [0.25, 0.3) is 5.91 Å². The van der Waals surface area contributed by atoms with Gasteiger partial charge in [0.15, 0.2) is 17.3 Å². The monoisotopic (exact) mass is 492 g/mol. The van der Waals surface area contributed by atoms with Crippen molar-refractivity contribution in [3.63, 3.8) is 0 Å². The standard InChI is InChI=1S/C27H22ClFN2O4/c28-20-8-5-18(6-9-20)14-31(15-19-7-11-24-26(13-19)34-17-33-24)16-21-10-12-25(35-21)27(32)30-23-4-2-1-3-22(23)29/h1-13H,14-17H2,(H,30,32). The van der Waals surface area contributed by atoms with Crippen molar-refractivity contribution >= 4 is 23.2 Å². The number of benzene rings is 3. The van der Waals surface area contributed by atoms with Gasteiger partial charge in [-0.1, -0.05) is 41.9 Å². The first-order chi connectivity index (χ1) is 17.0. The molecule has 1 N–H and O–H groups in total. The number of anilines is 1. The van der Waals surface area contributed by atoms with Crippen molar-refractivity contribution in [2.45, 2.75) is 19.6 Å². The van der Waals surface area contributed by atoms with Crippen LogP contribution in [0, 0.1) is 5.82 Å². The number of carbonyl (C=O) groups excluding carboxylic acids is 1. The van der Waals surface area contributed by atoms with E-state index in [0.717, 1.165) is 22.6 Å². The van der Waals surface area contributed by atoms with Crippen LogP contribution in [0.4, 0.5) is 10.1 Å². The Hall–Kier alpha value is -3.81. The second-order valence-electron chi connectivity index (χ2n) is 8.16. The number of carbonyl (C=O) groups is 1. The molecule has 4 aromatic rings. The molecule has 35 heavy (non-hydrogen) atoms. The first-order valence-electron chi connectivity index (χ1n) is 11.0. The Kier molecular flexibility index (Phi) is 6.70. The predicted octanol–water partition coefficient (Wildman–Crippen LogP) is 6.26. The van der Waals surface area contributed by atoms with Crippen LogP contribution in [0.2, 0.25) is 5.02 Å². The largest absolute Gasteiger partial charge is 0.455 e. The van der Waals surface area contributed by atoms with Gasteiger partial charge in [-0.15, -0.1) is 0 Å². The Bertz CT molecular complexity index is 1340. The van der Waals surface area contributed by atoms with Crippen LogP contribution in [0.25, 0.3) is 0 Å². The van der Waals surface area contributed by atoms with E-state index in [0.29, 0.717) is 30.4 Å². The number of halogens is 2. The number of nitrogens with one attached hydrogen (secondary N) is 1. The van der Waals surface area contributed by atoms with Gasteiger partial charge >= 0.3 is 0 Å². The highest BCUT2D eigenvalue weighted by Crippen LogP contribution is 2.33. The minimum absolute atomic E-state index is 0.0997. The molecule has 0 radical (unpaired) electrons. The number of hydrogen-bond acceptors (Lipinski definition) is 5. The highest BCUT2D eigenvalue weighted by Gasteiger charge is 2.18. The summed E-state index contributed by atoms with van der Waals surface area (Å²) in [6.07, 6.45) is 0. The summed E-state index contributed by atoms with van der Waals surface area (Å²) >= 11 is 6.05. The van der Waals surface area contributed by atoms with Crippen LogP contribution in [-0.2, 0) is 19.6 Å². The molecule has 0 saturated heterocycles. The van der Waals surface area contributed by atoms with Gasteiger partial charge in [-0.25, -0.2) is 4.39 Å². The SMILES string of the molecule is O=C(Nc1ccccc1F)c1ccc(CN(Cc2ccc(Cl)cc2)Cc2ccc3c(c2)OCO3)o1. The normalized spacial score (nSPS) is 12.2. The summed E-state index contributed by atoms with van der Waals surface area (Å²) in [6, 6.07) is 22.9. The van der Waals surface area contributed by atoms with Crippen LogP contribution >= 0.6 is 11.6 Å². The Morgan fingerprint density at radius 3 is 2.46 bits per heavy atom. The van der Waals surface area contributed by atoms with E-state index in [4.69, 9.17) is 25.5 Å². The van der Waals surface area contributed by atoms with Crippen molar-refractivity contribution in [2.24, 2.45) is 0 Å². The maximum atomic E-state index is 13.9. The lowest BCUT2D eigenvalue weighted by atomic mass is 10.1. The molecular weight excluding hydrogens is 471 g/mol. The Balaban J connectivity index is 1.32. The third-order valence-electron chi connectivity index (χ3n) is 5.55. The second-order valence-corrected chi connectivity index (χ2v) is 8.60. The highest BCUT2D eigenvalue weighted by atomic mass is 35.5. The molecule has 1 aliphatic heterocycles. The third-order valence-corrected chi connectivity index (χ3v) is 5.80. The van der Waals surface area contributed by atoms with Gasteiger partial charge in [0.1, 0.15) is 11.6 Å². The van der Waals surface area contributed by atoms with Crippen LogP contribution in [0.5, 0.6) is 11.5 Å². The lowest BCUT2D eigenvalue weighted by molar-refractivity contribution is 0.0991. The van der Waals surface area contributed by atoms with Crippen LogP contribution in [0.3, 0.4) is 0 Å². The van der Waals surface area contributed by atoms with Crippen molar-refractivity contribution in [3.05, 3.63) is 112 Å². The van der Waals surface area contributed by atoms with E-state index in [9.17, 15) is 9.18 Å². The van der Waals surface area contributed by atoms with E-state index in [1.807, 2.05) is 42.5 Å². The molecule has 0 unspecified atom stereocenters. The number of hydrogen-bond donors (Lipinski definition) is 1. The summed E-state index contributed by atoms with van der Waals surface area (Å²) in [5.41, 5.74) is 2.23. The fourth-order valence-corrected chi connectivity index (χ4v) is 3.99. The van der Waals surface area contributed by atoms with Gasteiger partial charge in [-0.2, -0.15) is 0 Å².